The van der Waals surface area contributed by atoms with Gasteiger partial charge in [-0.25, -0.2) is 14.6 Å². The van der Waals surface area contributed by atoms with Crippen molar-refractivity contribution >= 4 is 35.0 Å². The number of aromatic nitrogens is 5. The lowest BCUT2D eigenvalue weighted by molar-refractivity contribution is -0.274. The summed E-state index contributed by atoms with van der Waals surface area (Å²) in [5.74, 6) is -0.434. The van der Waals surface area contributed by atoms with E-state index in [4.69, 9.17) is 16.3 Å². The van der Waals surface area contributed by atoms with Crippen LogP contribution in [0.15, 0.2) is 66.1 Å². The fourth-order valence-electron chi connectivity index (χ4n) is 3.06. The van der Waals surface area contributed by atoms with E-state index in [1.165, 1.54) is 41.8 Å². The van der Waals surface area contributed by atoms with Gasteiger partial charge in [0.1, 0.15) is 11.5 Å². The van der Waals surface area contributed by atoms with Gasteiger partial charge in [0.25, 0.3) is 5.91 Å². The van der Waals surface area contributed by atoms with Crippen LogP contribution in [0.25, 0.3) is 5.69 Å². The van der Waals surface area contributed by atoms with Crippen LogP contribution < -0.4 is 14.8 Å². The molecule has 2 aromatic carbocycles. The molecule has 4 rings (SSSR count). The summed E-state index contributed by atoms with van der Waals surface area (Å²) < 4.78 is 48.1. The number of methoxy groups -OCH3 is 1. The van der Waals surface area contributed by atoms with Gasteiger partial charge in [-0.3, -0.25) is 4.79 Å². The number of thioether (sulfide) groups is 1. The van der Waals surface area contributed by atoms with Crippen molar-refractivity contribution in [2.45, 2.75) is 17.3 Å². The van der Waals surface area contributed by atoms with Crippen LogP contribution in [0.4, 0.5) is 18.9 Å². The normalized spacial score (nSPS) is 11.2. The first-order valence-electron chi connectivity index (χ1n) is 10.1. The molecule has 36 heavy (non-hydrogen) atoms. The average molecular weight is 537 g/mol. The summed E-state index contributed by atoms with van der Waals surface area (Å²) in [5, 5.41) is 11.6. The third-order valence-electron chi connectivity index (χ3n) is 4.58. The number of amides is 1. The summed E-state index contributed by atoms with van der Waals surface area (Å²) in [6.07, 6.45) is -1.68. The van der Waals surface area contributed by atoms with Gasteiger partial charge < -0.3 is 14.8 Å². The predicted molar refractivity (Wildman–Crippen MR) is 126 cm³/mol. The first-order valence-corrected chi connectivity index (χ1v) is 11.5. The van der Waals surface area contributed by atoms with E-state index in [-0.39, 0.29) is 11.4 Å². The number of rotatable bonds is 8. The topological polar surface area (TPSA) is 104 Å². The maximum absolute atomic E-state index is 13.2. The largest absolute Gasteiger partial charge is 0.573 e. The molecule has 1 amide bonds. The molecule has 0 saturated carbocycles. The molecule has 0 bridgehead atoms. The van der Waals surface area contributed by atoms with Crippen LogP contribution in [0.2, 0.25) is 5.02 Å². The van der Waals surface area contributed by atoms with Gasteiger partial charge in [-0.15, -0.1) is 18.3 Å². The molecule has 0 radical (unpaired) electrons. The quantitative estimate of drug-likeness (QED) is 0.243. The molecule has 0 unspecified atom stereocenters. The highest BCUT2D eigenvalue weighted by Crippen LogP contribution is 2.30. The number of benzene rings is 2. The van der Waals surface area contributed by atoms with Gasteiger partial charge in [-0.2, -0.15) is 0 Å². The third kappa shape index (κ3) is 6.23. The smallest absolute Gasteiger partial charge is 0.495 e. The monoisotopic (exact) mass is 536 g/mol. The van der Waals surface area contributed by atoms with E-state index in [1.807, 2.05) is 0 Å². The van der Waals surface area contributed by atoms with Gasteiger partial charge >= 0.3 is 6.36 Å². The van der Waals surface area contributed by atoms with E-state index in [2.05, 4.69) is 30.3 Å². The lowest BCUT2D eigenvalue weighted by Gasteiger charge is -2.12. The number of nitrogens with zero attached hydrogens (tertiary/aromatic N) is 5. The summed E-state index contributed by atoms with van der Waals surface area (Å²) in [4.78, 5) is 21.5. The molecular weight excluding hydrogens is 521 g/mol. The van der Waals surface area contributed by atoms with Crippen LogP contribution in [0, 0.1) is 0 Å². The van der Waals surface area contributed by atoms with Gasteiger partial charge in [0.2, 0.25) is 0 Å². The zero-order valence-electron chi connectivity index (χ0n) is 18.4. The molecule has 186 valence electrons. The Bertz CT molecular complexity index is 1350. The van der Waals surface area contributed by atoms with Gasteiger partial charge in [0.15, 0.2) is 10.9 Å². The number of alkyl halides is 3. The Morgan fingerprint density at radius 2 is 1.86 bits per heavy atom. The molecule has 0 aliphatic heterocycles. The number of carbonyl (C=O) groups is 1. The molecule has 0 aliphatic carbocycles. The number of anilines is 1. The van der Waals surface area contributed by atoms with E-state index in [0.717, 1.165) is 12.1 Å². The summed E-state index contributed by atoms with van der Waals surface area (Å²) in [6.45, 7) is 0. The molecule has 2 heterocycles. The van der Waals surface area contributed by atoms with Crippen molar-refractivity contribution in [1.82, 2.24) is 25.0 Å². The Balaban J connectivity index is 1.66. The Hall–Kier alpha value is -3.84. The molecule has 0 fully saturated rings. The van der Waals surface area contributed by atoms with Crippen molar-refractivity contribution in [2.75, 3.05) is 12.4 Å². The van der Waals surface area contributed by atoms with Crippen molar-refractivity contribution in [3.8, 4) is 17.2 Å². The number of hydrogen-bond acceptors (Lipinski definition) is 8. The zero-order valence-corrected chi connectivity index (χ0v) is 19.9. The molecule has 0 aliphatic rings. The highest BCUT2D eigenvalue weighted by Gasteiger charge is 2.31. The van der Waals surface area contributed by atoms with Crippen molar-refractivity contribution in [2.24, 2.45) is 0 Å². The molecule has 9 nitrogen and oxygen atoms in total. The van der Waals surface area contributed by atoms with Crippen LogP contribution in [0.3, 0.4) is 0 Å². The Labute approximate surface area is 211 Å². The summed E-state index contributed by atoms with van der Waals surface area (Å²) in [7, 11) is 1.45. The van der Waals surface area contributed by atoms with Crippen molar-refractivity contribution in [3.05, 3.63) is 77.3 Å². The Morgan fingerprint density at radius 3 is 2.53 bits per heavy atom. The molecular formula is C22H16ClF3N6O3S. The zero-order chi connectivity index (χ0) is 25.7. The minimum Gasteiger partial charge on any atom is -0.495 e. The Morgan fingerprint density at radius 1 is 1.14 bits per heavy atom. The van der Waals surface area contributed by atoms with E-state index < -0.39 is 18.0 Å². The molecule has 0 atom stereocenters. The van der Waals surface area contributed by atoms with E-state index in [9.17, 15) is 18.0 Å². The minimum absolute atomic E-state index is 0.0175. The van der Waals surface area contributed by atoms with Gasteiger partial charge in [0.05, 0.1) is 24.2 Å². The van der Waals surface area contributed by atoms with Gasteiger partial charge in [0, 0.05) is 23.2 Å². The Kier molecular flexibility index (Phi) is 7.60. The number of ether oxygens (including phenoxy) is 2. The predicted octanol–water partition coefficient (Wildman–Crippen LogP) is 5.16. The van der Waals surface area contributed by atoms with Gasteiger partial charge in [-0.1, -0.05) is 28.6 Å². The second-order valence-corrected chi connectivity index (χ2v) is 8.34. The van der Waals surface area contributed by atoms with E-state index >= 15 is 0 Å². The molecule has 0 spiro atoms. The summed E-state index contributed by atoms with van der Waals surface area (Å²) in [6, 6.07) is 11.4. The van der Waals surface area contributed by atoms with Crippen LogP contribution in [0.1, 0.15) is 16.2 Å². The average Bonchev–Trinajstić information content (AvgIpc) is 3.27. The number of halogens is 4. The van der Waals surface area contributed by atoms with Crippen molar-refractivity contribution in [3.63, 3.8) is 0 Å². The van der Waals surface area contributed by atoms with Crippen LogP contribution in [-0.4, -0.2) is 44.3 Å². The fourth-order valence-corrected chi connectivity index (χ4v) is 4.02. The van der Waals surface area contributed by atoms with Gasteiger partial charge in [-0.05, 0) is 48.5 Å². The second-order valence-electron chi connectivity index (χ2n) is 6.96. The summed E-state index contributed by atoms with van der Waals surface area (Å²) >= 11 is 7.28. The van der Waals surface area contributed by atoms with Crippen molar-refractivity contribution < 1.29 is 27.4 Å². The summed E-state index contributed by atoms with van der Waals surface area (Å²) in [5.41, 5.74) is 1.02. The maximum Gasteiger partial charge on any atom is 0.573 e. The lowest BCUT2D eigenvalue weighted by Crippen LogP contribution is -2.17. The first-order chi connectivity index (χ1) is 17.2. The molecule has 1 N–H and O–H groups in total. The number of nitrogens with one attached hydrogen (secondary N) is 1. The molecule has 0 saturated heterocycles. The standard InChI is InChI=1S/C22H16ClF3N6O3S/c1-34-18-8-3-13(23)11-16(18)29-20(33)19-17(12-36-21-27-9-2-10-28-21)32(31-30-19)14-4-6-15(7-5-14)35-22(24,25)26/h2-11H,12H2,1H3,(H,29,33). The van der Waals surface area contributed by atoms with Crippen LogP contribution in [-0.2, 0) is 5.75 Å². The highest BCUT2D eigenvalue weighted by atomic mass is 35.5. The lowest BCUT2D eigenvalue weighted by atomic mass is 10.2. The highest BCUT2D eigenvalue weighted by molar-refractivity contribution is 7.98. The second kappa shape index (κ2) is 10.8. The number of carbonyl (C=O) groups excluding carboxylic acids is 1. The third-order valence-corrected chi connectivity index (χ3v) is 5.70. The maximum atomic E-state index is 13.2. The number of hydrogen-bond donors (Lipinski definition) is 1. The molecule has 14 heteroatoms. The molecule has 2 aromatic heterocycles. The fraction of sp³-hybridized carbons (Fsp3) is 0.136. The first kappa shape index (κ1) is 25.3. The molecule has 4 aromatic rings. The van der Waals surface area contributed by atoms with E-state index in [0.29, 0.717) is 33.0 Å². The van der Waals surface area contributed by atoms with Crippen LogP contribution in [0.5, 0.6) is 11.5 Å². The van der Waals surface area contributed by atoms with Crippen molar-refractivity contribution in [1.29, 1.82) is 0 Å². The van der Waals surface area contributed by atoms with Crippen LogP contribution >= 0.6 is 23.4 Å². The minimum atomic E-state index is -4.82. The SMILES string of the molecule is COc1ccc(Cl)cc1NC(=O)c1nnn(-c2ccc(OC(F)(F)F)cc2)c1CSc1ncccn1. The van der Waals surface area contributed by atoms with E-state index in [1.54, 1.807) is 30.6 Å².